The van der Waals surface area contributed by atoms with Crippen LogP contribution < -0.4 is 0 Å². The smallest absolute Gasteiger partial charge is 0.226 e. The minimum atomic E-state index is -0.266. The molecule has 0 aromatic rings. The number of rotatable bonds is 11. The summed E-state index contributed by atoms with van der Waals surface area (Å²) in [5.41, 5.74) is 0.0437. The quantitative estimate of drug-likeness (QED) is 0.188. The molecule has 1 saturated heterocycles. The Hall–Kier alpha value is -1.03. The van der Waals surface area contributed by atoms with E-state index in [4.69, 9.17) is 0 Å². The number of unbranched alkanes of at least 4 members (excludes halogenated alkanes) is 7. The number of hydrogen-bond acceptors (Lipinski definition) is 4. The lowest BCUT2D eigenvalue weighted by molar-refractivity contribution is -0.115. The molecule has 0 amide bonds. The Balaban J connectivity index is 2.04. The summed E-state index contributed by atoms with van der Waals surface area (Å²) in [6.07, 6.45) is 15.3. The number of aliphatic hydroxyl groups excluding tert-OH is 1. The lowest BCUT2D eigenvalue weighted by Gasteiger charge is -2.03. The van der Waals surface area contributed by atoms with Crippen molar-refractivity contribution in [2.75, 3.05) is 5.75 Å². The molecule has 0 spiro atoms. The van der Waals surface area contributed by atoms with Crippen LogP contribution in [0, 0.1) is 0 Å². The van der Waals surface area contributed by atoms with E-state index in [1.165, 1.54) is 32.1 Å². The summed E-state index contributed by atoms with van der Waals surface area (Å²) in [6.45, 7) is 2.21. The highest BCUT2D eigenvalue weighted by molar-refractivity contribution is 8.15. The number of carbonyl (C=O) groups is 2. The number of aliphatic hydroxyl groups is 1. The van der Waals surface area contributed by atoms with E-state index in [0.717, 1.165) is 37.4 Å². The number of hydrogen-bond donors (Lipinski definition) is 1. The standard InChI is InChI=1S/C18H28O3S/c1-2-3-4-5-6-7-8-9-10-11-12-13-15(19)17-16(20)14-22-18(17)21/h5-6,19H,2-4,7-14H2,1H3/b6-5-,17-15?. The SMILES string of the molecule is CCCC/C=C\CCCCCCCC(O)=C1C(=O)CSC1=O. The summed E-state index contributed by atoms with van der Waals surface area (Å²) in [6, 6.07) is 0. The minimum Gasteiger partial charge on any atom is -0.511 e. The highest BCUT2D eigenvalue weighted by atomic mass is 32.2. The number of carbonyl (C=O) groups excluding carboxylic acids is 2. The second kappa shape index (κ2) is 11.5. The monoisotopic (exact) mass is 324 g/mol. The van der Waals surface area contributed by atoms with E-state index in [0.29, 0.717) is 6.42 Å². The van der Waals surface area contributed by atoms with Gasteiger partial charge in [-0.2, -0.15) is 0 Å². The van der Waals surface area contributed by atoms with Gasteiger partial charge in [0.25, 0.3) is 0 Å². The molecule has 1 heterocycles. The fraction of sp³-hybridized carbons (Fsp3) is 0.667. The first-order valence-corrected chi connectivity index (χ1v) is 9.42. The van der Waals surface area contributed by atoms with Crippen molar-refractivity contribution < 1.29 is 14.7 Å². The largest absolute Gasteiger partial charge is 0.511 e. The van der Waals surface area contributed by atoms with E-state index in [-0.39, 0.29) is 28.0 Å². The van der Waals surface area contributed by atoms with Crippen LogP contribution in [0.3, 0.4) is 0 Å². The second-order valence-electron chi connectivity index (χ2n) is 5.74. The maximum Gasteiger partial charge on any atom is 0.226 e. The van der Waals surface area contributed by atoms with Crippen LogP contribution in [0.1, 0.15) is 71.1 Å². The van der Waals surface area contributed by atoms with E-state index < -0.39 is 0 Å². The van der Waals surface area contributed by atoms with Crippen molar-refractivity contribution >= 4 is 22.7 Å². The van der Waals surface area contributed by atoms with Gasteiger partial charge in [-0.3, -0.25) is 9.59 Å². The van der Waals surface area contributed by atoms with Crippen molar-refractivity contribution in [2.24, 2.45) is 0 Å². The van der Waals surface area contributed by atoms with Crippen molar-refractivity contribution in [3.63, 3.8) is 0 Å². The second-order valence-corrected chi connectivity index (χ2v) is 6.69. The minimum absolute atomic E-state index is 0.00106. The van der Waals surface area contributed by atoms with Crippen molar-refractivity contribution in [2.45, 2.75) is 71.1 Å². The normalized spacial score (nSPS) is 17.7. The third-order valence-corrected chi connectivity index (χ3v) is 4.65. The molecule has 0 unspecified atom stereocenters. The van der Waals surface area contributed by atoms with Crippen molar-refractivity contribution in [1.82, 2.24) is 0 Å². The molecule has 1 aliphatic heterocycles. The van der Waals surface area contributed by atoms with Crippen LogP contribution in [0.2, 0.25) is 0 Å². The van der Waals surface area contributed by atoms with Gasteiger partial charge in [-0.25, -0.2) is 0 Å². The predicted octanol–water partition coefficient (Wildman–Crippen LogP) is 5.12. The summed E-state index contributed by atoms with van der Waals surface area (Å²) >= 11 is 0.989. The molecule has 1 rings (SSSR count). The zero-order chi connectivity index (χ0) is 16.2. The highest BCUT2D eigenvalue weighted by Gasteiger charge is 2.30. The number of thioether (sulfide) groups is 1. The molecule has 1 aliphatic rings. The van der Waals surface area contributed by atoms with Crippen molar-refractivity contribution in [3.8, 4) is 0 Å². The molecule has 0 aromatic carbocycles. The fourth-order valence-corrected chi connectivity index (χ4v) is 3.22. The average Bonchev–Trinajstić information content (AvgIpc) is 2.83. The maximum absolute atomic E-state index is 11.5. The molecular weight excluding hydrogens is 296 g/mol. The maximum atomic E-state index is 11.5. The Morgan fingerprint density at radius 3 is 2.32 bits per heavy atom. The Kier molecular flexibility index (Phi) is 9.96. The van der Waals surface area contributed by atoms with Gasteiger partial charge < -0.3 is 5.11 Å². The van der Waals surface area contributed by atoms with E-state index in [9.17, 15) is 14.7 Å². The van der Waals surface area contributed by atoms with E-state index in [2.05, 4.69) is 19.1 Å². The Labute approximate surface area is 138 Å². The molecule has 0 radical (unpaired) electrons. The molecule has 0 bridgehead atoms. The zero-order valence-corrected chi connectivity index (χ0v) is 14.4. The van der Waals surface area contributed by atoms with E-state index >= 15 is 0 Å². The molecule has 22 heavy (non-hydrogen) atoms. The molecule has 0 aromatic heterocycles. The molecule has 0 aliphatic carbocycles. The van der Waals surface area contributed by atoms with Gasteiger partial charge in [-0.1, -0.05) is 62.9 Å². The topological polar surface area (TPSA) is 54.4 Å². The van der Waals surface area contributed by atoms with Crippen LogP contribution in [0.5, 0.6) is 0 Å². The summed E-state index contributed by atoms with van der Waals surface area (Å²) in [5.74, 6) is -0.0366. The third-order valence-electron chi connectivity index (χ3n) is 3.78. The Bertz CT molecular complexity index is 406. The van der Waals surface area contributed by atoms with Crippen LogP contribution in [0.15, 0.2) is 23.5 Å². The fourth-order valence-electron chi connectivity index (χ4n) is 2.44. The third kappa shape index (κ3) is 7.30. The molecular formula is C18H28O3S. The molecule has 1 fully saturated rings. The van der Waals surface area contributed by atoms with Crippen LogP contribution in [-0.4, -0.2) is 21.8 Å². The van der Waals surface area contributed by atoms with Gasteiger partial charge in [0.15, 0.2) is 5.78 Å². The molecule has 4 heteroatoms. The lowest BCUT2D eigenvalue weighted by atomic mass is 10.1. The predicted molar refractivity (Wildman–Crippen MR) is 93.1 cm³/mol. The first-order chi connectivity index (χ1) is 10.7. The van der Waals surface area contributed by atoms with Gasteiger partial charge in [0, 0.05) is 6.42 Å². The Morgan fingerprint density at radius 1 is 1.05 bits per heavy atom. The molecule has 124 valence electrons. The van der Waals surface area contributed by atoms with Gasteiger partial charge >= 0.3 is 0 Å². The molecule has 0 atom stereocenters. The first-order valence-electron chi connectivity index (χ1n) is 8.44. The Morgan fingerprint density at radius 2 is 1.68 bits per heavy atom. The first kappa shape index (κ1) is 19.0. The summed E-state index contributed by atoms with van der Waals surface area (Å²) in [7, 11) is 0. The van der Waals surface area contributed by atoms with Crippen LogP contribution in [-0.2, 0) is 9.59 Å². The van der Waals surface area contributed by atoms with Crippen molar-refractivity contribution in [3.05, 3.63) is 23.5 Å². The van der Waals surface area contributed by atoms with E-state index in [1.54, 1.807) is 0 Å². The van der Waals surface area contributed by atoms with Crippen LogP contribution in [0.4, 0.5) is 0 Å². The highest BCUT2D eigenvalue weighted by Crippen LogP contribution is 2.26. The van der Waals surface area contributed by atoms with Crippen molar-refractivity contribution in [1.29, 1.82) is 0 Å². The summed E-state index contributed by atoms with van der Waals surface area (Å²) < 4.78 is 0. The molecule has 0 saturated carbocycles. The lowest BCUT2D eigenvalue weighted by Crippen LogP contribution is -2.05. The summed E-state index contributed by atoms with van der Waals surface area (Å²) in [5, 5.41) is 9.58. The number of allylic oxidation sites excluding steroid dienone is 3. The molecule has 1 N–H and O–H groups in total. The van der Waals surface area contributed by atoms with E-state index in [1.807, 2.05) is 0 Å². The van der Waals surface area contributed by atoms with Gasteiger partial charge in [0.2, 0.25) is 5.12 Å². The van der Waals surface area contributed by atoms with Crippen LogP contribution in [0.25, 0.3) is 0 Å². The number of ketones is 1. The van der Waals surface area contributed by atoms with Crippen LogP contribution >= 0.6 is 11.8 Å². The summed E-state index contributed by atoms with van der Waals surface area (Å²) in [4.78, 5) is 22.9. The zero-order valence-electron chi connectivity index (χ0n) is 13.6. The number of Topliss-reactive ketones (excluding diaryl/α,β-unsaturated/α-hetero) is 1. The van der Waals surface area contributed by atoms with Gasteiger partial charge in [-0.05, 0) is 25.7 Å². The van der Waals surface area contributed by atoms with Gasteiger partial charge in [0.05, 0.1) is 5.75 Å². The van der Waals surface area contributed by atoms with Gasteiger partial charge in [-0.15, -0.1) is 0 Å². The average molecular weight is 324 g/mol. The molecule has 3 nitrogen and oxygen atoms in total. The van der Waals surface area contributed by atoms with Gasteiger partial charge in [0.1, 0.15) is 11.3 Å².